The van der Waals surface area contributed by atoms with Gasteiger partial charge < -0.3 is 10.1 Å². The lowest BCUT2D eigenvalue weighted by Crippen LogP contribution is -2.32. The Hall–Kier alpha value is -1.02. The number of fused-ring (bicyclic) bond motifs is 1. The number of benzene rings is 1. The van der Waals surface area contributed by atoms with E-state index in [2.05, 4.69) is 29.6 Å². The topological polar surface area (TPSA) is 21.3 Å². The van der Waals surface area contributed by atoms with E-state index in [-0.39, 0.29) is 0 Å². The molecule has 0 aliphatic carbocycles. The Balaban J connectivity index is 1.91. The molecule has 2 aliphatic heterocycles. The van der Waals surface area contributed by atoms with Crippen LogP contribution in [0.4, 0.5) is 0 Å². The van der Waals surface area contributed by atoms with Gasteiger partial charge in [0.25, 0.3) is 0 Å². The molecule has 0 amide bonds. The second kappa shape index (κ2) is 3.86. The molecule has 0 aromatic heterocycles. The van der Waals surface area contributed by atoms with Crippen LogP contribution < -0.4 is 10.1 Å². The first-order valence-corrected chi connectivity index (χ1v) is 5.90. The predicted molar refractivity (Wildman–Crippen MR) is 60.3 cm³/mol. The highest BCUT2D eigenvalue weighted by Crippen LogP contribution is 2.37. The molecule has 0 spiro atoms. The molecule has 0 unspecified atom stereocenters. The molecule has 1 N–H and O–H groups in total. The maximum atomic E-state index is 5.69. The summed E-state index contributed by atoms with van der Waals surface area (Å²) in [7, 11) is 0. The molecule has 80 valence electrons. The van der Waals surface area contributed by atoms with Gasteiger partial charge in [-0.05, 0) is 37.4 Å². The molecule has 2 atom stereocenters. The summed E-state index contributed by atoms with van der Waals surface area (Å²) in [4.78, 5) is 0. The first kappa shape index (κ1) is 9.22. The van der Waals surface area contributed by atoms with E-state index in [9.17, 15) is 0 Å². The molecule has 2 heterocycles. The van der Waals surface area contributed by atoms with Crippen LogP contribution in [-0.4, -0.2) is 19.2 Å². The number of hydrogen-bond acceptors (Lipinski definition) is 2. The van der Waals surface area contributed by atoms with Crippen LogP contribution >= 0.6 is 0 Å². The molecule has 3 rings (SSSR count). The smallest absolute Gasteiger partial charge is 0.122 e. The van der Waals surface area contributed by atoms with Crippen LogP contribution in [0.15, 0.2) is 24.3 Å². The summed E-state index contributed by atoms with van der Waals surface area (Å²) in [6.07, 6.45) is 3.80. The first-order chi connectivity index (χ1) is 7.45. The summed E-state index contributed by atoms with van der Waals surface area (Å²) >= 11 is 0. The second-order valence-corrected chi connectivity index (χ2v) is 4.48. The summed E-state index contributed by atoms with van der Waals surface area (Å²) in [5, 5.41) is 3.61. The van der Waals surface area contributed by atoms with Gasteiger partial charge in [-0.3, -0.25) is 0 Å². The van der Waals surface area contributed by atoms with Gasteiger partial charge in [-0.15, -0.1) is 0 Å². The Bertz CT molecular complexity index is 344. The van der Waals surface area contributed by atoms with Crippen LogP contribution in [0.1, 0.15) is 30.7 Å². The van der Waals surface area contributed by atoms with E-state index in [1.807, 2.05) is 0 Å². The maximum absolute atomic E-state index is 5.69. The molecule has 1 saturated heterocycles. The van der Waals surface area contributed by atoms with Gasteiger partial charge in [0.15, 0.2) is 0 Å². The van der Waals surface area contributed by atoms with Crippen molar-refractivity contribution in [2.45, 2.75) is 31.2 Å². The van der Waals surface area contributed by atoms with E-state index < -0.39 is 0 Å². The fourth-order valence-corrected chi connectivity index (χ4v) is 2.84. The van der Waals surface area contributed by atoms with E-state index in [1.54, 1.807) is 0 Å². The normalized spacial score (nSPS) is 29.6. The quantitative estimate of drug-likeness (QED) is 0.756. The Morgan fingerprint density at radius 1 is 1.20 bits per heavy atom. The van der Waals surface area contributed by atoms with Crippen LogP contribution in [0.25, 0.3) is 0 Å². The molecule has 1 aromatic rings. The van der Waals surface area contributed by atoms with Crippen LogP contribution in [-0.2, 0) is 0 Å². The fourth-order valence-electron chi connectivity index (χ4n) is 2.84. The van der Waals surface area contributed by atoms with Crippen LogP contribution in [0.3, 0.4) is 0 Å². The molecular weight excluding hydrogens is 186 g/mol. The lowest BCUT2D eigenvalue weighted by molar-refractivity contribution is 0.250. The Kier molecular flexibility index (Phi) is 2.37. The second-order valence-electron chi connectivity index (χ2n) is 4.48. The third-order valence-electron chi connectivity index (χ3n) is 3.59. The molecule has 0 bridgehead atoms. The third kappa shape index (κ3) is 1.63. The van der Waals surface area contributed by atoms with Crippen LogP contribution in [0, 0.1) is 0 Å². The molecule has 1 fully saturated rings. The van der Waals surface area contributed by atoms with E-state index in [0.717, 1.165) is 18.8 Å². The lowest BCUT2D eigenvalue weighted by Gasteiger charge is -2.30. The van der Waals surface area contributed by atoms with Crippen LogP contribution in [0.5, 0.6) is 5.75 Å². The van der Waals surface area contributed by atoms with Crippen molar-refractivity contribution < 1.29 is 4.74 Å². The number of rotatable bonds is 1. The molecule has 2 aliphatic rings. The number of para-hydroxylation sites is 1. The van der Waals surface area contributed by atoms with Crippen LogP contribution in [0.2, 0.25) is 0 Å². The van der Waals surface area contributed by atoms with Crippen molar-refractivity contribution in [3.63, 3.8) is 0 Å². The first-order valence-electron chi connectivity index (χ1n) is 5.90. The molecule has 2 nitrogen and oxygen atoms in total. The SMILES string of the molecule is c1ccc2c(c1)OCC[C@@H]2[C@@H]1CCCN1. The minimum atomic E-state index is 0.664. The molecule has 0 radical (unpaired) electrons. The van der Waals surface area contributed by atoms with Crippen molar-refractivity contribution in [1.82, 2.24) is 5.32 Å². The third-order valence-corrected chi connectivity index (χ3v) is 3.59. The van der Waals surface area contributed by atoms with Crippen molar-refractivity contribution in [1.29, 1.82) is 0 Å². The van der Waals surface area contributed by atoms with Crippen molar-refractivity contribution in [3.8, 4) is 5.75 Å². The average Bonchev–Trinajstić information content (AvgIpc) is 2.82. The molecule has 0 saturated carbocycles. The van der Waals surface area contributed by atoms with Gasteiger partial charge in [0.2, 0.25) is 0 Å². The van der Waals surface area contributed by atoms with Gasteiger partial charge in [0, 0.05) is 12.0 Å². The summed E-state index contributed by atoms with van der Waals surface area (Å²) in [6, 6.07) is 9.17. The predicted octanol–water partition coefficient (Wildman–Crippen LogP) is 2.30. The average molecular weight is 203 g/mol. The number of nitrogens with one attached hydrogen (secondary N) is 1. The van der Waals surface area contributed by atoms with Gasteiger partial charge in [-0.25, -0.2) is 0 Å². The van der Waals surface area contributed by atoms with Crippen molar-refractivity contribution in [2.75, 3.05) is 13.2 Å². The maximum Gasteiger partial charge on any atom is 0.122 e. The molecule has 2 heteroatoms. The molecular formula is C13H17NO. The van der Waals surface area contributed by atoms with Crippen molar-refractivity contribution >= 4 is 0 Å². The highest BCUT2D eigenvalue weighted by Gasteiger charge is 2.30. The summed E-state index contributed by atoms with van der Waals surface area (Å²) < 4.78 is 5.69. The van der Waals surface area contributed by atoms with Gasteiger partial charge in [0.1, 0.15) is 5.75 Å². The summed E-state index contributed by atoms with van der Waals surface area (Å²) in [6.45, 7) is 2.06. The molecule has 1 aromatic carbocycles. The monoisotopic (exact) mass is 203 g/mol. The van der Waals surface area contributed by atoms with E-state index in [4.69, 9.17) is 4.74 Å². The highest BCUT2D eigenvalue weighted by molar-refractivity contribution is 5.38. The standard InChI is InChI=1S/C13H17NO/c1-2-6-13-11(4-1)10(7-9-15-13)12-5-3-8-14-12/h1-2,4,6,10,12,14H,3,5,7-9H2/t10-,12-/m0/s1. The Labute approximate surface area is 90.6 Å². The number of hydrogen-bond donors (Lipinski definition) is 1. The van der Waals surface area contributed by atoms with E-state index in [0.29, 0.717) is 12.0 Å². The zero-order valence-electron chi connectivity index (χ0n) is 8.91. The van der Waals surface area contributed by atoms with Gasteiger partial charge in [0.05, 0.1) is 6.61 Å². The zero-order valence-corrected chi connectivity index (χ0v) is 8.91. The zero-order chi connectivity index (χ0) is 10.1. The Morgan fingerprint density at radius 3 is 3.00 bits per heavy atom. The van der Waals surface area contributed by atoms with Crippen molar-refractivity contribution in [3.05, 3.63) is 29.8 Å². The molecule has 15 heavy (non-hydrogen) atoms. The van der Waals surface area contributed by atoms with Gasteiger partial charge >= 0.3 is 0 Å². The largest absolute Gasteiger partial charge is 0.493 e. The summed E-state index contributed by atoms with van der Waals surface area (Å²) in [5.41, 5.74) is 1.41. The minimum absolute atomic E-state index is 0.664. The van der Waals surface area contributed by atoms with E-state index >= 15 is 0 Å². The number of ether oxygens (including phenoxy) is 1. The highest BCUT2D eigenvalue weighted by atomic mass is 16.5. The van der Waals surface area contributed by atoms with E-state index in [1.165, 1.54) is 24.9 Å². The Morgan fingerprint density at radius 2 is 2.13 bits per heavy atom. The lowest BCUT2D eigenvalue weighted by atomic mass is 9.86. The van der Waals surface area contributed by atoms with Crippen molar-refractivity contribution in [2.24, 2.45) is 0 Å². The van der Waals surface area contributed by atoms with Gasteiger partial charge in [-0.1, -0.05) is 18.2 Å². The minimum Gasteiger partial charge on any atom is -0.493 e. The summed E-state index contributed by atoms with van der Waals surface area (Å²) in [5.74, 6) is 1.76. The fraction of sp³-hybridized carbons (Fsp3) is 0.538. The van der Waals surface area contributed by atoms with Gasteiger partial charge in [-0.2, -0.15) is 0 Å².